The Balaban J connectivity index is 1.54. The van der Waals surface area contributed by atoms with Crippen LogP contribution in [0.2, 0.25) is 5.02 Å². The number of amides is 1. The van der Waals surface area contributed by atoms with Gasteiger partial charge in [0.15, 0.2) is 0 Å². The lowest BCUT2D eigenvalue weighted by atomic mass is 9.94. The number of hydrogen-bond donors (Lipinski definition) is 1. The van der Waals surface area contributed by atoms with E-state index in [1.807, 2.05) is 12.1 Å². The minimum Gasteiger partial charge on any atom is -0.341 e. The van der Waals surface area contributed by atoms with Crippen LogP contribution in [0.4, 0.5) is 0 Å². The quantitative estimate of drug-likeness (QED) is 0.909. The molecule has 2 atom stereocenters. The Hall–Kier alpha value is -1.10. The standard InChI is InChI=1S/C19H28ClN3O/c20-17-7-5-15(6-8-17)14-22-9-2-10-23(12-11-22)19(24)18-4-1-3-16(18)13-21/h5-8,16,18H,1-4,9-14,21H2/t16-,18-/m1/s1. The zero-order chi connectivity index (χ0) is 16.9. The molecule has 1 aliphatic heterocycles. The van der Waals surface area contributed by atoms with Gasteiger partial charge in [0.1, 0.15) is 0 Å². The first kappa shape index (κ1) is 17.7. The van der Waals surface area contributed by atoms with Gasteiger partial charge in [-0.3, -0.25) is 9.69 Å². The second-order valence-electron chi connectivity index (χ2n) is 7.11. The van der Waals surface area contributed by atoms with Gasteiger partial charge in [-0.25, -0.2) is 0 Å². The zero-order valence-electron chi connectivity index (χ0n) is 14.3. The molecule has 24 heavy (non-hydrogen) atoms. The number of nitrogens with two attached hydrogens (primary N) is 1. The lowest BCUT2D eigenvalue weighted by molar-refractivity contribution is -0.136. The van der Waals surface area contributed by atoms with Crippen LogP contribution < -0.4 is 5.73 Å². The van der Waals surface area contributed by atoms with Crippen molar-refractivity contribution < 1.29 is 4.79 Å². The molecule has 2 fully saturated rings. The van der Waals surface area contributed by atoms with Crippen molar-refractivity contribution in [3.05, 3.63) is 34.9 Å². The van der Waals surface area contributed by atoms with Crippen molar-refractivity contribution in [3.8, 4) is 0 Å². The fourth-order valence-electron chi connectivity index (χ4n) is 4.08. The first-order valence-electron chi connectivity index (χ1n) is 9.13. The average molecular weight is 350 g/mol. The molecule has 1 saturated heterocycles. The Kier molecular flexibility index (Phi) is 6.14. The van der Waals surface area contributed by atoms with E-state index >= 15 is 0 Å². The molecule has 1 heterocycles. The summed E-state index contributed by atoms with van der Waals surface area (Å²) in [6.45, 7) is 5.26. The molecule has 2 N–H and O–H groups in total. The smallest absolute Gasteiger partial charge is 0.226 e. The first-order chi connectivity index (χ1) is 11.7. The lowest BCUT2D eigenvalue weighted by Gasteiger charge is -2.27. The molecule has 0 bridgehead atoms. The molecule has 1 aromatic carbocycles. The molecular formula is C19H28ClN3O. The van der Waals surface area contributed by atoms with Gasteiger partial charge in [-0.2, -0.15) is 0 Å². The topological polar surface area (TPSA) is 49.6 Å². The first-order valence-corrected chi connectivity index (χ1v) is 9.51. The molecule has 4 nitrogen and oxygen atoms in total. The summed E-state index contributed by atoms with van der Waals surface area (Å²) in [4.78, 5) is 17.4. The second kappa shape index (κ2) is 8.32. The van der Waals surface area contributed by atoms with E-state index in [4.69, 9.17) is 17.3 Å². The van der Waals surface area contributed by atoms with E-state index in [1.165, 1.54) is 5.56 Å². The summed E-state index contributed by atoms with van der Waals surface area (Å²) in [5, 5.41) is 0.775. The Bertz CT molecular complexity index is 548. The van der Waals surface area contributed by atoms with Crippen molar-refractivity contribution >= 4 is 17.5 Å². The van der Waals surface area contributed by atoms with Crippen LogP contribution in [0.25, 0.3) is 0 Å². The van der Waals surface area contributed by atoms with Gasteiger partial charge in [-0.1, -0.05) is 30.2 Å². The third-order valence-corrected chi connectivity index (χ3v) is 5.75. The van der Waals surface area contributed by atoms with Crippen molar-refractivity contribution in [1.29, 1.82) is 0 Å². The predicted octanol–water partition coefficient (Wildman–Crippen LogP) is 2.75. The molecule has 2 aliphatic rings. The predicted molar refractivity (Wildman–Crippen MR) is 97.8 cm³/mol. The number of halogens is 1. The molecule has 1 aromatic rings. The summed E-state index contributed by atoms with van der Waals surface area (Å²) in [6.07, 6.45) is 4.32. The van der Waals surface area contributed by atoms with E-state index in [9.17, 15) is 4.79 Å². The molecular weight excluding hydrogens is 322 g/mol. The maximum Gasteiger partial charge on any atom is 0.226 e. The fraction of sp³-hybridized carbons (Fsp3) is 0.632. The minimum atomic E-state index is 0.165. The molecule has 132 valence electrons. The fourth-order valence-corrected chi connectivity index (χ4v) is 4.20. The maximum absolute atomic E-state index is 12.9. The van der Waals surface area contributed by atoms with E-state index in [-0.39, 0.29) is 5.92 Å². The van der Waals surface area contributed by atoms with E-state index in [0.717, 1.165) is 63.4 Å². The van der Waals surface area contributed by atoms with Crippen LogP contribution in [0.15, 0.2) is 24.3 Å². The summed E-state index contributed by atoms with van der Waals surface area (Å²) in [5.74, 6) is 0.903. The maximum atomic E-state index is 12.9. The van der Waals surface area contributed by atoms with Crippen LogP contribution in [0, 0.1) is 11.8 Å². The van der Waals surface area contributed by atoms with Gasteiger partial charge in [0.25, 0.3) is 0 Å². The number of benzene rings is 1. The molecule has 1 amide bonds. The summed E-state index contributed by atoms with van der Waals surface area (Å²) >= 11 is 5.95. The van der Waals surface area contributed by atoms with Gasteiger partial charge in [0.05, 0.1) is 0 Å². The van der Waals surface area contributed by atoms with Crippen LogP contribution >= 0.6 is 11.6 Å². The second-order valence-corrected chi connectivity index (χ2v) is 7.55. The number of carbonyl (C=O) groups is 1. The van der Waals surface area contributed by atoms with E-state index in [2.05, 4.69) is 21.9 Å². The third kappa shape index (κ3) is 4.29. The van der Waals surface area contributed by atoms with Crippen molar-refractivity contribution in [3.63, 3.8) is 0 Å². The van der Waals surface area contributed by atoms with Crippen molar-refractivity contribution in [1.82, 2.24) is 9.80 Å². The van der Waals surface area contributed by atoms with Gasteiger partial charge in [0, 0.05) is 43.7 Å². The highest BCUT2D eigenvalue weighted by Gasteiger charge is 2.35. The highest BCUT2D eigenvalue weighted by molar-refractivity contribution is 6.30. The summed E-state index contributed by atoms with van der Waals surface area (Å²) < 4.78 is 0. The van der Waals surface area contributed by atoms with Crippen LogP contribution in [-0.4, -0.2) is 48.4 Å². The monoisotopic (exact) mass is 349 g/mol. The Morgan fingerprint density at radius 1 is 1.08 bits per heavy atom. The lowest BCUT2D eigenvalue weighted by Crippen LogP contribution is -2.41. The average Bonchev–Trinajstić information content (AvgIpc) is 2.95. The minimum absolute atomic E-state index is 0.165. The molecule has 1 aliphatic carbocycles. The molecule has 0 spiro atoms. The van der Waals surface area contributed by atoms with E-state index in [0.29, 0.717) is 18.4 Å². The van der Waals surface area contributed by atoms with Crippen molar-refractivity contribution in [2.45, 2.75) is 32.2 Å². The van der Waals surface area contributed by atoms with E-state index < -0.39 is 0 Å². The molecule has 0 aromatic heterocycles. The highest BCUT2D eigenvalue weighted by atomic mass is 35.5. The normalized spacial score (nSPS) is 25.7. The largest absolute Gasteiger partial charge is 0.341 e. The number of nitrogens with zero attached hydrogens (tertiary/aromatic N) is 2. The number of hydrogen-bond acceptors (Lipinski definition) is 3. The highest BCUT2D eigenvalue weighted by Crippen LogP contribution is 2.32. The molecule has 0 radical (unpaired) electrons. The summed E-state index contributed by atoms with van der Waals surface area (Å²) in [5.41, 5.74) is 7.13. The van der Waals surface area contributed by atoms with Gasteiger partial charge in [-0.15, -0.1) is 0 Å². The van der Waals surface area contributed by atoms with Crippen LogP contribution in [0.5, 0.6) is 0 Å². The SMILES string of the molecule is NC[C@H]1CCC[C@H]1C(=O)N1CCCN(Cc2ccc(Cl)cc2)CC1. The molecule has 1 saturated carbocycles. The van der Waals surface area contributed by atoms with Crippen molar-refractivity contribution in [2.75, 3.05) is 32.7 Å². The molecule has 3 rings (SSSR count). The Morgan fingerprint density at radius 3 is 2.62 bits per heavy atom. The summed E-state index contributed by atoms with van der Waals surface area (Å²) in [6, 6.07) is 8.05. The zero-order valence-corrected chi connectivity index (χ0v) is 15.0. The number of rotatable bonds is 4. The van der Waals surface area contributed by atoms with Crippen LogP contribution in [-0.2, 0) is 11.3 Å². The van der Waals surface area contributed by atoms with Gasteiger partial charge < -0.3 is 10.6 Å². The Morgan fingerprint density at radius 2 is 1.88 bits per heavy atom. The van der Waals surface area contributed by atoms with Gasteiger partial charge >= 0.3 is 0 Å². The summed E-state index contributed by atoms with van der Waals surface area (Å²) in [7, 11) is 0. The van der Waals surface area contributed by atoms with Gasteiger partial charge in [0.2, 0.25) is 5.91 Å². The molecule has 0 unspecified atom stereocenters. The molecule has 5 heteroatoms. The van der Waals surface area contributed by atoms with Crippen LogP contribution in [0.1, 0.15) is 31.2 Å². The Labute approximate surface area is 149 Å². The van der Waals surface area contributed by atoms with Crippen LogP contribution in [0.3, 0.4) is 0 Å². The number of carbonyl (C=O) groups excluding carboxylic acids is 1. The van der Waals surface area contributed by atoms with E-state index in [1.54, 1.807) is 0 Å². The van der Waals surface area contributed by atoms with Crippen molar-refractivity contribution in [2.24, 2.45) is 17.6 Å². The third-order valence-electron chi connectivity index (χ3n) is 5.50. The van der Waals surface area contributed by atoms with Gasteiger partial charge in [-0.05, 0) is 49.4 Å².